The van der Waals surface area contributed by atoms with Crippen LogP contribution in [0.1, 0.15) is 80.2 Å². The van der Waals surface area contributed by atoms with Crippen LogP contribution in [0.5, 0.6) is 5.75 Å². The third-order valence-corrected chi connectivity index (χ3v) is 11.0. The molecule has 0 saturated carbocycles. The standard InChI is InChI=1S/C41H64N8O11/c1-11-23(6)33(42-20-50)37(54)47-34-25(8)60-41(58)24(7)48(9)39(56)30(16-21(2)3)45-36(53)31-18-27(51)19-43-49(31)40(57)32(22(4)5)46-35(52)29(44-38(34)55)17-26-12-14-28(59-10)15-13-26/h12-15,20-25,27,29-34,43,51H,11,16-19H2,1-10H3,(H,42,50)(H,44,55)(H,45,53)(H,46,52)(H,47,54). The second-order valence-electron chi connectivity index (χ2n) is 16.4. The van der Waals surface area contributed by atoms with E-state index in [0.29, 0.717) is 24.1 Å². The number of hydrazine groups is 1. The van der Waals surface area contributed by atoms with E-state index in [1.807, 2.05) is 20.8 Å². The Morgan fingerprint density at radius 3 is 2.15 bits per heavy atom. The molecule has 0 aliphatic carbocycles. The van der Waals surface area contributed by atoms with Gasteiger partial charge in [-0.3, -0.25) is 38.6 Å². The maximum Gasteiger partial charge on any atom is 0.328 e. The number of rotatable bonds is 12. The fraction of sp³-hybridized carbons (Fsp3) is 0.659. The van der Waals surface area contributed by atoms with E-state index >= 15 is 0 Å². The zero-order valence-corrected chi connectivity index (χ0v) is 36.3. The molecule has 1 aromatic rings. The lowest BCUT2D eigenvalue weighted by atomic mass is 9.97. The first-order valence-corrected chi connectivity index (χ1v) is 20.5. The molecule has 60 heavy (non-hydrogen) atoms. The van der Waals surface area contributed by atoms with E-state index in [1.165, 1.54) is 28.0 Å². The average molecular weight is 845 g/mol. The van der Waals surface area contributed by atoms with E-state index in [0.717, 1.165) is 9.91 Å². The number of carbonyl (C=O) groups is 8. The molecule has 2 saturated heterocycles. The molecule has 2 fully saturated rings. The Balaban J connectivity index is 2.21. The Kier molecular flexibility index (Phi) is 18.3. The van der Waals surface area contributed by atoms with Gasteiger partial charge in [-0.2, -0.15) is 0 Å². The van der Waals surface area contributed by atoms with Crippen molar-refractivity contribution in [2.45, 2.75) is 136 Å². The molecule has 1 aromatic carbocycles. The van der Waals surface area contributed by atoms with Gasteiger partial charge in [-0.05, 0) is 55.7 Å². The normalized spacial score (nSPS) is 27.6. The van der Waals surface area contributed by atoms with E-state index in [-0.39, 0.29) is 37.6 Å². The van der Waals surface area contributed by atoms with Crippen molar-refractivity contribution >= 4 is 47.8 Å². The summed E-state index contributed by atoms with van der Waals surface area (Å²) < 4.78 is 11.0. The molecule has 2 aliphatic heterocycles. The van der Waals surface area contributed by atoms with Crippen LogP contribution in [0.3, 0.4) is 0 Å². The Hall–Kier alpha value is -5.30. The van der Waals surface area contributed by atoms with E-state index in [1.54, 1.807) is 45.0 Å². The van der Waals surface area contributed by atoms with Crippen molar-refractivity contribution < 1.29 is 52.9 Å². The van der Waals surface area contributed by atoms with Crippen molar-refractivity contribution in [1.29, 1.82) is 0 Å². The summed E-state index contributed by atoms with van der Waals surface area (Å²) in [6.07, 6.45) is -1.76. The van der Waals surface area contributed by atoms with Gasteiger partial charge >= 0.3 is 5.97 Å². The molecule has 2 aliphatic rings. The van der Waals surface area contributed by atoms with Gasteiger partial charge in [0.25, 0.3) is 5.91 Å². The summed E-state index contributed by atoms with van der Waals surface area (Å²) >= 11 is 0. The molecule has 3 rings (SSSR count). The van der Waals surface area contributed by atoms with Crippen LogP contribution < -0.4 is 36.7 Å². The Bertz CT molecular complexity index is 1690. The molecule has 10 atom stereocenters. The number of aliphatic hydroxyl groups is 1. The maximum absolute atomic E-state index is 14.4. The number of β-amino-alcohol motifs (C(OH)–C–C–N with tert-alkyl or cyclic N) is 1. The Labute approximate surface area is 351 Å². The quantitative estimate of drug-likeness (QED) is 0.102. The number of hydrogen-bond donors (Lipinski definition) is 7. The first-order valence-electron chi connectivity index (χ1n) is 20.5. The highest BCUT2D eigenvalue weighted by molar-refractivity contribution is 5.98. The van der Waals surface area contributed by atoms with Gasteiger partial charge in [0, 0.05) is 26.4 Å². The minimum Gasteiger partial charge on any atom is -0.497 e. The van der Waals surface area contributed by atoms with Gasteiger partial charge in [0.05, 0.1) is 13.2 Å². The SMILES string of the molecule is CCC(C)C(NC=O)C(=O)NC1C(=O)NC(Cc2ccc(OC)cc2)C(=O)NC(C(C)C)C(=O)N2NCC(O)CC2C(=O)NC(CC(C)C)C(=O)N(C)C(C)C(=O)OC1C. The van der Waals surface area contributed by atoms with Gasteiger partial charge in [0.15, 0.2) is 0 Å². The Morgan fingerprint density at radius 1 is 0.950 bits per heavy atom. The summed E-state index contributed by atoms with van der Waals surface area (Å²) in [6, 6.07) is -2.45. The van der Waals surface area contributed by atoms with Crippen molar-refractivity contribution in [2.24, 2.45) is 17.8 Å². The van der Waals surface area contributed by atoms with Crippen LogP contribution in [0, 0.1) is 17.8 Å². The van der Waals surface area contributed by atoms with Crippen LogP contribution in [-0.4, -0.2) is 138 Å². The number of cyclic esters (lactones) is 1. The minimum absolute atomic E-state index is 0.0906. The molecule has 0 radical (unpaired) electrons. The third kappa shape index (κ3) is 12.8. The summed E-state index contributed by atoms with van der Waals surface area (Å²) in [4.78, 5) is 111. The van der Waals surface area contributed by atoms with Crippen LogP contribution in [0.2, 0.25) is 0 Å². The van der Waals surface area contributed by atoms with Crippen LogP contribution in [0.25, 0.3) is 0 Å². The average Bonchev–Trinajstić information content (AvgIpc) is 3.21. The molecule has 7 amide bonds. The van der Waals surface area contributed by atoms with Crippen molar-refractivity contribution in [3.05, 3.63) is 29.8 Å². The molecule has 19 nitrogen and oxygen atoms in total. The number of amides is 7. The van der Waals surface area contributed by atoms with E-state index < -0.39 is 102 Å². The number of ether oxygens (including phenoxy) is 2. The smallest absolute Gasteiger partial charge is 0.328 e. The highest BCUT2D eigenvalue weighted by Gasteiger charge is 2.43. The number of benzene rings is 1. The monoisotopic (exact) mass is 844 g/mol. The number of nitrogens with one attached hydrogen (secondary N) is 6. The third-order valence-electron chi connectivity index (χ3n) is 11.0. The first kappa shape index (κ1) is 49.1. The molecular weight excluding hydrogens is 780 g/mol. The molecule has 10 unspecified atom stereocenters. The molecule has 19 heteroatoms. The van der Waals surface area contributed by atoms with Crippen molar-refractivity contribution in [1.82, 2.24) is 41.9 Å². The van der Waals surface area contributed by atoms with E-state index in [9.17, 15) is 43.5 Å². The van der Waals surface area contributed by atoms with E-state index in [2.05, 4.69) is 32.0 Å². The fourth-order valence-electron chi connectivity index (χ4n) is 6.95. The number of methoxy groups -OCH3 is 1. The zero-order valence-electron chi connectivity index (χ0n) is 36.3. The molecule has 0 aromatic heterocycles. The highest BCUT2D eigenvalue weighted by atomic mass is 16.5. The second-order valence-corrected chi connectivity index (χ2v) is 16.4. The van der Waals surface area contributed by atoms with Crippen molar-refractivity contribution in [3.63, 3.8) is 0 Å². The largest absolute Gasteiger partial charge is 0.497 e. The van der Waals surface area contributed by atoms with Crippen molar-refractivity contribution in [3.8, 4) is 5.75 Å². The highest BCUT2D eigenvalue weighted by Crippen LogP contribution is 2.20. The maximum atomic E-state index is 14.4. The van der Waals surface area contributed by atoms with Gasteiger partial charge in [-0.15, -0.1) is 0 Å². The number of carbonyl (C=O) groups excluding carboxylic acids is 8. The van der Waals surface area contributed by atoms with Gasteiger partial charge in [-0.25, -0.2) is 10.2 Å². The van der Waals surface area contributed by atoms with Gasteiger partial charge < -0.3 is 46.1 Å². The lowest BCUT2D eigenvalue weighted by Crippen LogP contribution is -2.67. The predicted molar refractivity (Wildman–Crippen MR) is 218 cm³/mol. The molecule has 7 N–H and O–H groups in total. The zero-order chi connectivity index (χ0) is 45.0. The molecule has 0 bridgehead atoms. The van der Waals surface area contributed by atoms with Gasteiger partial charge in [0.2, 0.25) is 35.9 Å². The first-order chi connectivity index (χ1) is 28.2. The van der Waals surface area contributed by atoms with Crippen LogP contribution in [0.15, 0.2) is 24.3 Å². The second kappa shape index (κ2) is 22.3. The summed E-state index contributed by atoms with van der Waals surface area (Å²) in [5, 5.41) is 24.9. The Morgan fingerprint density at radius 2 is 1.58 bits per heavy atom. The van der Waals surface area contributed by atoms with E-state index in [4.69, 9.17) is 9.47 Å². The van der Waals surface area contributed by atoms with Gasteiger partial charge in [-0.1, -0.05) is 60.1 Å². The summed E-state index contributed by atoms with van der Waals surface area (Å²) in [7, 11) is 2.84. The van der Waals surface area contributed by atoms with Crippen LogP contribution in [0.4, 0.5) is 0 Å². The van der Waals surface area contributed by atoms with Crippen LogP contribution in [-0.2, 0) is 49.5 Å². The molecule has 334 valence electrons. The molecular formula is C41H64N8O11. The molecule has 0 spiro atoms. The van der Waals surface area contributed by atoms with Crippen molar-refractivity contribution in [2.75, 3.05) is 20.7 Å². The van der Waals surface area contributed by atoms with Gasteiger partial charge in [0.1, 0.15) is 54.1 Å². The summed E-state index contributed by atoms with van der Waals surface area (Å²) in [6.45, 7) is 13.2. The topological polar surface area (TPSA) is 254 Å². The number of nitrogens with zero attached hydrogens (tertiary/aromatic N) is 2. The lowest BCUT2D eigenvalue weighted by molar-refractivity contribution is -0.161. The number of likely N-dealkylation sites (N-methyl/N-ethyl adjacent to an activating group) is 1. The summed E-state index contributed by atoms with van der Waals surface area (Å²) in [5.41, 5.74) is 3.39. The number of esters is 1. The fourth-order valence-corrected chi connectivity index (χ4v) is 6.95. The molecule has 2 heterocycles. The summed E-state index contributed by atoms with van der Waals surface area (Å²) in [5.74, 6) is -6.10. The number of aliphatic hydroxyl groups excluding tert-OH is 1. The lowest BCUT2D eigenvalue weighted by Gasteiger charge is -2.40. The van der Waals surface area contributed by atoms with Crippen LogP contribution >= 0.6 is 0 Å². The minimum atomic E-state index is -1.64. The predicted octanol–water partition coefficient (Wildman–Crippen LogP) is -0.702. The number of fused-ring (bicyclic) bond motifs is 1. The number of hydrogen-bond acceptors (Lipinski definition) is 12.